The zero-order valence-electron chi connectivity index (χ0n) is 17.8. The second kappa shape index (κ2) is 8.41. The highest BCUT2D eigenvalue weighted by Gasteiger charge is 2.49. The van der Waals surface area contributed by atoms with Crippen LogP contribution in [0.25, 0.3) is 20.5 Å². The van der Waals surface area contributed by atoms with E-state index < -0.39 is 23.8 Å². The number of hydrogen-bond donors (Lipinski definition) is 0. The number of carbonyl (C=O) groups is 3. The van der Waals surface area contributed by atoms with Crippen molar-refractivity contribution in [2.24, 2.45) is 5.92 Å². The first-order valence-electron chi connectivity index (χ1n) is 10.7. The SMILES string of the molecule is CCOC(=O)C1C(=O)CC2=C(C(=O)OC2)C1c1cccc2c(=O)cc(-c3ccccc3)sc12. The van der Waals surface area contributed by atoms with Gasteiger partial charge in [-0.1, -0.05) is 42.5 Å². The third-order valence-electron chi connectivity index (χ3n) is 6.08. The molecule has 2 heterocycles. The predicted octanol–water partition coefficient (Wildman–Crippen LogP) is 4.02. The highest BCUT2D eigenvalue weighted by Crippen LogP contribution is 2.46. The summed E-state index contributed by atoms with van der Waals surface area (Å²) in [6.45, 7) is 1.83. The van der Waals surface area contributed by atoms with Gasteiger partial charge in [0.15, 0.2) is 11.2 Å². The molecule has 6 nitrogen and oxygen atoms in total. The van der Waals surface area contributed by atoms with E-state index in [2.05, 4.69) is 0 Å². The standard InChI is InChI=1S/C26H20O6S/c1-2-31-26(30)23-19(28)11-15-13-32-25(29)21(15)22(23)17-10-6-9-16-18(27)12-20(33-24(16)17)14-7-4-3-5-8-14/h3-10,12,22-23H,2,11,13H2,1H3. The van der Waals surface area contributed by atoms with Gasteiger partial charge in [-0.15, -0.1) is 11.3 Å². The summed E-state index contributed by atoms with van der Waals surface area (Å²) in [5.74, 6) is -3.52. The normalized spacial score (nSPS) is 20.0. The zero-order valence-corrected chi connectivity index (χ0v) is 18.6. The summed E-state index contributed by atoms with van der Waals surface area (Å²) in [6, 6.07) is 16.3. The molecule has 1 aromatic heterocycles. The van der Waals surface area contributed by atoms with Crippen LogP contribution in [0.1, 0.15) is 24.8 Å². The summed E-state index contributed by atoms with van der Waals surface area (Å²) in [5.41, 5.74) is 2.24. The summed E-state index contributed by atoms with van der Waals surface area (Å²) < 4.78 is 11.1. The van der Waals surface area contributed by atoms with Crippen molar-refractivity contribution < 1.29 is 23.9 Å². The highest BCUT2D eigenvalue weighted by molar-refractivity contribution is 7.21. The largest absolute Gasteiger partial charge is 0.465 e. The van der Waals surface area contributed by atoms with Crippen molar-refractivity contribution in [3.63, 3.8) is 0 Å². The second-order valence-corrected chi connectivity index (χ2v) is 9.06. The van der Waals surface area contributed by atoms with Gasteiger partial charge in [0.2, 0.25) is 0 Å². The molecule has 1 aliphatic carbocycles. The van der Waals surface area contributed by atoms with E-state index in [4.69, 9.17) is 9.47 Å². The van der Waals surface area contributed by atoms with E-state index in [1.807, 2.05) is 30.3 Å². The van der Waals surface area contributed by atoms with Gasteiger partial charge in [0.1, 0.15) is 12.5 Å². The fourth-order valence-corrected chi connectivity index (χ4v) is 5.87. The lowest BCUT2D eigenvalue weighted by atomic mass is 9.71. The van der Waals surface area contributed by atoms with Gasteiger partial charge in [-0.25, -0.2) is 4.79 Å². The molecule has 0 N–H and O–H groups in total. The molecule has 166 valence electrons. The van der Waals surface area contributed by atoms with Crippen LogP contribution in [0.15, 0.2) is 70.5 Å². The molecule has 0 radical (unpaired) electrons. The Morgan fingerprint density at radius 2 is 1.88 bits per heavy atom. The quantitative estimate of drug-likeness (QED) is 0.432. The number of ether oxygens (including phenoxy) is 2. The fourth-order valence-electron chi connectivity index (χ4n) is 4.64. The van der Waals surface area contributed by atoms with Gasteiger partial charge in [-0.3, -0.25) is 14.4 Å². The summed E-state index contributed by atoms with van der Waals surface area (Å²) in [6.07, 6.45) is -0.0165. The van der Waals surface area contributed by atoms with Crippen LogP contribution in [0, 0.1) is 5.92 Å². The molecule has 1 aliphatic heterocycles. The molecule has 33 heavy (non-hydrogen) atoms. The number of fused-ring (bicyclic) bond motifs is 1. The minimum absolute atomic E-state index is 0.0165. The monoisotopic (exact) mass is 460 g/mol. The lowest BCUT2D eigenvalue weighted by Crippen LogP contribution is -2.37. The number of hydrogen-bond acceptors (Lipinski definition) is 7. The van der Waals surface area contributed by atoms with E-state index >= 15 is 0 Å². The summed E-state index contributed by atoms with van der Waals surface area (Å²) in [4.78, 5) is 52.5. The number of carbonyl (C=O) groups excluding carboxylic acids is 3. The summed E-state index contributed by atoms with van der Waals surface area (Å²) in [7, 11) is 0. The molecule has 7 heteroatoms. The fraction of sp³-hybridized carbons (Fsp3) is 0.231. The van der Waals surface area contributed by atoms with Gasteiger partial charge in [0.25, 0.3) is 0 Å². The molecular weight excluding hydrogens is 440 g/mol. The molecule has 0 saturated heterocycles. The van der Waals surface area contributed by atoms with Crippen LogP contribution in [0.3, 0.4) is 0 Å². The Hall–Kier alpha value is -3.58. The Kier molecular flexibility index (Phi) is 5.42. The van der Waals surface area contributed by atoms with Crippen LogP contribution in [0.5, 0.6) is 0 Å². The van der Waals surface area contributed by atoms with Crippen molar-refractivity contribution in [2.45, 2.75) is 19.3 Å². The molecule has 2 aliphatic rings. The number of esters is 2. The summed E-state index contributed by atoms with van der Waals surface area (Å²) in [5, 5.41) is 0.478. The smallest absolute Gasteiger partial charge is 0.335 e. The zero-order chi connectivity index (χ0) is 23.1. The Labute approximate surface area is 193 Å². The van der Waals surface area contributed by atoms with E-state index in [0.717, 1.165) is 10.4 Å². The Morgan fingerprint density at radius 1 is 1.09 bits per heavy atom. The van der Waals surface area contributed by atoms with E-state index in [9.17, 15) is 19.2 Å². The van der Waals surface area contributed by atoms with Crippen molar-refractivity contribution in [3.8, 4) is 10.4 Å². The van der Waals surface area contributed by atoms with Crippen molar-refractivity contribution in [1.82, 2.24) is 0 Å². The maximum absolute atomic E-state index is 13.1. The first-order valence-corrected chi connectivity index (χ1v) is 11.5. The van der Waals surface area contributed by atoms with Crippen LogP contribution in [0.4, 0.5) is 0 Å². The Morgan fingerprint density at radius 3 is 2.64 bits per heavy atom. The molecule has 5 rings (SSSR count). The molecule has 0 bridgehead atoms. The van der Waals surface area contributed by atoms with Crippen molar-refractivity contribution in [1.29, 1.82) is 0 Å². The molecule has 2 unspecified atom stereocenters. The lowest BCUT2D eigenvalue weighted by molar-refractivity contribution is -0.152. The van der Waals surface area contributed by atoms with Crippen LogP contribution in [0.2, 0.25) is 0 Å². The molecule has 0 saturated carbocycles. The minimum Gasteiger partial charge on any atom is -0.465 e. The number of cyclic esters (lactones) is 1. The second-order valence-electron chi connectivity index (χ2n) is 8.01. The first kappa shape index (κ1) is 21.3. The van der Waals surface area contributed by atoms with E-state index in [0.29, 0.717) is 26.8 Å². The van der Waals surface area contributed by atoms with Gasteiger partial charge in [0.05, 0.1) is 6.61 Å². The van der Waals surface area contributed by atoms with Gasteiger partial charge >= 0.3 is 11.9 Å². The number of ketones is 1. The molecule has 0 amide bonds. The molecule has 3 aromatic rings. The Bertz CT molecular complexity index is 1380. The number of benzene rings is 2. The highest BCUT2D eigenvalue weighted by atomic mass is 32.1. The van der Waals surface area contributed by atoms with Gasteiger partial charge < -0.3 is 9.47 Å². The maximum atomic E-state index is 13.1. The van der Waals surface area contributed by atoms with E-state index in [-0.39, 0.29) is 30.8 Å². The van der Waals surface area contributed by atoms with Crippen LogP contribution < -0.4 is 5.43 Å². The third-order valence-corrected chi connectivity index (χ3v) is 7.31. The average Bonchev–Trinajstić information content (AvgIpc) is 3.18. The molecule has 2 aromatic carbocycles. The number of Topliss-reactive ketones (excluding diaryl/α,β-unsaturated/α-hetero) is 1. The average molecular weight is 461 g/mol. The van der Waals surface area contributed by atoms with Crippen LogP contribution in [-0.4, -0.2) is 30.9 Å². The molecule has 0 spiro atoms. The van der Waals surface area contributed by atoms with Crippen LogP contribution in [-0.2, 0) is 23.9 Å². The topological polar surface area (TPSA) is 86.7 Å². The van der Waals surface area contributed by atoms with E-state index in [1.165, 1.54) is 11.3 Å². The molecule has 0 fully saturated rings. The van der Waals surface area contributed by atoms with Gasteiger partial charge in [-0.2, -0.15) is 0 Å². The molecule has 2 atom stereocenters. The number of rotatable bonds is 4. The van der Waals surface area contributed by atoms with Crippen molar-refractivity contribution >= 4 is 39.1 Å². The molecular formula is C26H20O6S. The maximum Gasteiger partial charge on any atom is 0.335 e. The predicted molar refractivity (Wildman–Crippen MR) is 124 cm³/mol. The summed E-state index contributed by atoms with van der Waals surface area (Å²) >= 11 is 1.40. The Balaban J connectivity index is 1.78. The van der Waals surface area contributed by atoms with Gasteiger partial charge in [0, 0.05) is 38.9 Å². The van der Waals surface area contributed by atoms with Crippen molar-refractivity contribution in [2.75, 3.05) is 13.2 Å². The van der Waals surface area contributed by atoms with E-state index in [1.54, 1.807) is 31.2 Å². The van der Waals surface area contributed by atoms with Crippen molar-refractivity contribution in [3.05, 3.63) is 81.5 Å². The third kappa shape index (κ3) is 3.58. The minimum atomic E-state index is -1.16. The van der Waals surface area contributed by atoms with Gasteiger partial charge in [-0.05, 0) is 29.7 Å². The first-order chi connectivity index (χ1) is 16.0. The van der Waals surface area contributed by atoms with Crippen LogP contribution >= 0.6 is 11.3 Å². The lowest BCUT2D eigenvalue weighted by Gasteiger charge is -2.30.